The highest BCUT2D eigenvalue weighted by Gasteiger charge is 2.15. The molecule has 0 saturated carbocycles. The molecule has 1 aliphatic heterocycles. The molecule has 3 aromatic rings. The van der Waals surface area contributed by atoms with Crippen molar-refractivity contribution in [3.8, 4) is 17.4 Å². The Hall–Kier alpha value is -3.41. The first-order valence-corrected chi connectivity index (χ1v) is 10.3. The lowest BCUT2D eigenvalue weighted by Gasteiger charge is -2.29. The van der Waals surface area contributed by atoms with E-state index in [0.29, 0.717) is 5.88 Å². The van der Waals surface area contributed by atoms with Gasteiger partial charge in [-0.25, -0.2) is 4.98 Å². The third-order valence-electron chi connectivity index (χ3n) is 4.82. The largest absolute Gasteiger partial charge is 0.489 e. The van der Waals surface area contributed by atoms with Crippen LogP contribution >= 0.6 is 0 Å². The van der Waals surface area contributed by atoms with Gasteiger partial charge >= 0.3 is 0 Å². The summed E-state index contributed by atoms with van der Waals surface area (Å²) in [6.07, 6.45) is 7.80. The SMILES string of the molecule is CC(C)Oc1ccc(Oc2cccc(C=C3CCN(c4cccnn4)CC3)c2)nc1. The molecule has 0 radical (unpaired) electrons. The number of ether oxygens (including phenoxy) is 2. The number of anilines is 1. The van der Waals surface area contributed by atoms with Crippen LogP contribution in [0.3, 0.4) is 0 Å². The Morgan fingerprint density at radius 3 is 2.57 bits per heavy atom. The van der Waals surface area contributed by atoms with E-state index in [9.17, 15) is 0 Å². The van der Waals surface area contributed by atoms with Crippen molar-refractivity contribution in [3.63, 3.8) is 0 Å². The zero-order valence-electron chi connectivity index (χ0n) is 17.4. The van der Waals surface area contributed by atoms with Crippen molar-refractivity contribution >= 4 is 11.9 Å². The van der Waals surface area contributed by atoms with Crippen LogP contribution in [0.2, 0.25) is 0 Å². The van der Waals surface area contributed by atoms with E-state index in [1.54, 1.807) is 12.4 Å². The van der Waals surface area contributed by atoms with Crippen LogP contribution in [0.15, 0.2) is 66.5 Å². The first-order valence-electron chi connectivity index (χ1n) is 10.3. The molecule has 1 aliphatic rings. The van der Waals surface area contributed by atoms with E-state index in [0.717, 1.165) is 48.8 Å². The molecule has 0 N–H and O–H groups in total. The summed E-state index contributed by atoms with van der Waals surface area (Å²) in [7, 11) is 0. The molecule has 0 amide bonds. The highest BCUT2D eigenvalue weighted by Crippen LogP contribution is 2.26. The van der Waals surface area contributed by atoms with Crippen LogP contribution in [-0.2, 0) is 0 Å². The van der Waals surface area contributed by atoms with Crippen molar-refractivity contribution in [2.45, 2.75) is 32.8 Å². The summed E-state index contributed by atoms with van der Waals surface area (Å²) in [5, 5.41) is 8.18. The van der Waals surface area contributed by atoms with Crippen LogP contribution in [0.5, 0.6) is 17.4 Å². The highest BCUT2D eigenvalue weighted by atomic mass is 16.5. The van der Waals surface area contributed by atoms with Gasteiger partial charge in [-0.15, -0.1) is 5.10 Å². The van der Waals surface area contributed by atoms with Gasteiger partial charge in [0.25, 0.3) is 0 Å². The van der Waals surface area contributed by atoms with Gasteiger partial charge in [0.05, 0.1) is 12.3 Å². The van der Waals surface area contributed by atoms with Crippen molar-refractivity contribution in [1.29, 1.82) is 0 Å². The van der Waals surface area contributed by atoms with E-state index < -0.39 is 0 Å². The Morgan fingerprint density at radius 1 is 1.00 bits per heavy atom. The van der Waals surface area contributed by atoms with Gasteiger partial charge in [-0.05, 0) is 62.6 Å². The summed E-state index contributed by atoms with van der Waals surface area (Å²) in [5.74, 6) is 3.01. The lowest BCUT2D eigenvalue weighted by Crippen LogP contribution is -2.31. The molecule has 6 nitrogen and oxygen atoms in total. The van der Waals surface area contributed by atoms with E-state index in [1.165, 1.54) is 5.57 Å². The molecule has 6 heteroatoms. The first-order chi connectivity index (χ1) is 14.7. The van der Waals surface area contributed by atoms with Gasteiger partial charge in [0.15, 0.2) is 5.82 Å². The van der Waals surface area contributed by atoms with Crippen LogP contribution in [0.1, 0.15) is 32.3 Å². The minimum absolute atomic E-state index is 0.121. The molecule has 1 aromatic carbocycles. The van der Waals surface area contributed by atoms with Crippen molar-refractivity contribution < 1.29 is 9.47 Å². The second-order valence-corrected chi connectivity index (χ2v) is 7.54. The molecule has 3 heterocycles. The molecule has 0 atom stereocenters. The lowest BCUT2D eigenvalue weighted by atomic mass is 10.0. The van der Waals surface area contributed by atoms with Gasteiger partial charge in [0, 0.05) is 25.4 Å². The Labute approximate surface area is 177 Å². The normalized spacial score (nSPS) is 14.0. The molecule has 0 unspecified atom stereocenters. The summed E-state index contributed by atoms with van der Waals surface area (Å²) < 4.78 is 11.5. The zero-order valence-corrected chi connectivity index (χ0v) is 17.4. The predicted octanol–water partition coefficient (Wildman–Crippen LogP) is 5.13. The number of rotatable bonds is 6. The quantitative estimate of drug-likeness (QED) is 0.569. The number of nitrogens with zero attached hydrogens (tertiary/aromatic N) is 4. The summed E-state index contributed by atoms with van der Waals surface area (Å²) in [6.45, 7) is 5.89. The van der Waals surface area contributed by atoms with E-state index >= 15 is 0 Å². The van der Waals surface area contributed by atoms with Crippen molar-refractivity contribution in [1.82, 2.24) is 15.2 Å². The third kappa shape index (κ3) is 5.35. The van der Waals surface area contributed by atoms with Gasteiger partial charge in [-0.2, -0.15) is 5.10 Å². The number of hydrogen-bond acceptors (Lipinski definition) is 6. The number of benzene rings is 1. The zero-order chi connectivity index (χ0) is 20.8. The van der Waals surface area contributed by atoms with E-state index in [-0.39, 0.29) is 6.10 Å². The monoisotopic (exact) mass is 402 g/mol. The van der Waals surface area contributed by atoms with E-state index in [1.807, 2.05) is 56.3 Å². The fraction of sp³-hybridized carbons (Fsp3) is 0.292. The average molecular weight is 402 g/mol. The second-order valence-electron chi connectivity index (χ2n) is 7.54. The Morgan fingerprint density at radius 2 is 1.87 bits per heavy atom. The Balaban J connectivity index is 1.38. The van der Waals surface area contributed by atoms with Crippen molar-refractivity contribution in [2.24, 2.45) is 0 Å². The number of hydrogen-bond donors (Lipinski definition) is 0. The standard InChI is InChI=1S/C24H26N4O2/c1-18(2)29-22-8-9-24(25-17-22)30-21-6-3-5-20(16-21)15-19-10-13-28(14-11-19)23-7-4-12-26-27-23/h3-9,12,15-18H,10-11,13-14H2,1-2H3. The molecule has 1 saturated heterocycles. The lowest BCUT2D eigenvalue weighted by molar-refractivity contribution is 0.241. The van der Waals surface area contributed by atoms with Gasteiger partial charge < -0.3 is 14.4 Å². The van der Waals surface area contributed by atoms with Gasteiger partial charge in [-0.3, -0.25) is 0 Å². The maximum Gasteiger partial charge on any atom is 0.219 e. The van der Waals surface area contributed by atoms with Gasteiger partial charge in [0.2, 0.25) is 5.88 Å². The minimum Gasteiger partial charge on any atom is -0.489 e. The first kappa shape index (κ1) is 19.9. The third-order valence-corrected chi connectivity index (χ3v) is 4.82. The van der Waals surface area contributed by atoms with Crippen LogP contribution < -0.4 is 14.4 Å². The van der Waals surface area contributed by atoms with Crippen LogP contribution in [0.4, 0.5) is 5.82 Å². The maximum atomic E-state index is 5.92. The van der Waals surface area contributed by atoms with Crippen LogP contribution in [0, 0.1) is 0 Å². The highest BCUT2D eigenvalue weighted by molar-refractivity contribution is 5.56. The summed E-state index contributed by atoms with van der Waals surface area (Å²) >= 11 is 0. The molecule has 0 bridgehead atoms. The average Bonchev–Trinajstić information content (AvgIpc) is 2.76. The molecule has 2 aromatic heterocycles. The topological polar surface area (TPSA) is 60.4 Å². The van der Waals surface area contributed by atoms with Gasteiger partial charge in [-0.1, -0.05) is 23.8 Å². The molecule has 0 aliphatic carbocycles. The number of aromatic nitrogens is 3. The van der Waals surface area contributed by atoms with Crippen molar-refractivity contribution in [2.75, 3.05) is 18.0 Å². The maximum absolute atomic E-state index is 5.92. The molecule has 4 rings (SSSR count). The summed E-state index contributed by atoms with van der Waals surface area (Å²) in [5.41, 5.74) is 2.57. The minimum atomic E-state index is 0.121. The smallest absolute Gasteiger partial charge is 0.219 e. The summed E-state index contributed by atoms with van der Waals surface area (Å²) in [4.78, 5) is 6.61. The fourth-order valence-electron chi connectivity index (χ4n) is 3.42. The Bertz CT molecular complexity index is 978. The number of pyridine rings is 1. The molecular weight excluding hydrogens is 376 g/mol. The van der Waals surface area contributed by atoms with Crippen molar-refractivity contribution in [3.05, 3.63) is 72.1 Å². The molecule has 1 fully saturated rings. The van der Waals surface area contributed by atoms with E-state index in [4.69, 9.17) is 9.47 Å². The molecule has 0 spiro atoms. The fourth-order valence-corrected chi connectivity index (χ4v) is 3.42. The molecular formula is C24H26N4O2. The van der Waals surface area contributed by atoms with Crippen LogP contribution in [-0.4, -0.2) is 34.4 Å². The summed E-state index contributed by atoms with van der Waals surface area (Å²) in [6, 6.07) is 15.7. The number of piperidine rings is 1. The Kier molecular flexibility index (Phi) is 6.23. The van der Waals surface area contributed by atoms with Gasteiger partial charge in [0.1, 0.15) is 11.5 Å². The second kappa shape index (κ2) is 9.39. The van der Waals surface area contributed by atoms with Crippen LogP contribution in [0.25, 0.3) is 6.08 Å². The van der Waals surface area contributed by atoms with E-state index in [2.05, 4.69) is 32.2 Å². The predicted molar refractivity (Wildman–Crippen MR) is 118 cm³/mol. The molecule has 30 heavy (non-hydrogen) atoms. The molecule has 154 valence electrons.